The van der Waals surface area contributed by atoms with Gasteiger partial charge in [0, 0.05) is 30.3 Å². The summed E-state index contributed by atoms with van der Waals surface area (Å²) in [7, 11) is 5.27. The Morgan fingerprint density at radius 1 is 1.18 bits per heavy atom. The highest BCUT2D eigenvalue weighted by atomic mass is 16.7. The highest BCUT2D eigenvalue weighted by molar-refractivity contribution is 5.59. The quantitative estimate of drug-likeness (QED) is 0.433. The maximum atomic E-state index is 11.4. The van der Waals surface area contributed by atoms with E-state index in [4.69, 9.17) is 23.7 Å². The number of benzene rings is 1. The number of likely N-dealkylation sites (N-methyl/N-ethyl adjacent to an activating group) is 1. The fourth-order valence-corrected chi connectivity index (χ4v) is 7.59. The minimum absolute atomic E-state index is 0.0698. The van der Waals surface area contributed by atoms with Crippen LogP contribution in [0.5, 0.6) is 11.5 Å². The van der Waals surface area contributed by atoms with Crippen molar-refractivity contribution in [2.75, 3.05) is 41.5 Å². The lowest BCUT2D eigenvalue weighted by molar-refractivity contribution is -0.0800. The fraction of sp³-hybridized carbons (Fsp3) is 0.607. The molecular formula is C28H35N3O7. The van der Waals surface area contributed by atoms with Crippen LogP contribution in [0.2, 0.25) is 0 Å². The zero-order chi connectivity index (χ0) is 26.9. The average Bonchev–Trinajstić information content (AvgIpc) is 3.40. The molecule has 2 N–H and O–H groups in total. The molecule has 2 fully saturated rings. The lowest BCUT2D eigenvalue weighted by Crippen LogP contribution is -2.70. The lowest BCUT2D eigenvalue weighted by atomic mass is 9.69. The first kappa shape index (κ1) is 25.6. The van der Waals surface area contributed by atoms with Crippen molar-refractivity contribution in [3.63, 3.8) is 0 Å². The molecule has 204 valence electrons. The number of nitrogens with zero attached hydrogens (tertiary/aromatic N) is 3. The third kappa shape index (κ3) is 3.40. The Bertz CT molecular complexity index is 1250. The van der Waals surface area contributed by atoms with Crippen LogP contribution in [-0.2, 0) is 20.6 Å². The van der Waals surface area contributed by atoms with E-state index < -0.39 is 24.3 Å². The van der Waals surface area contributed by atoms with Gasteiger partial charge in [-0.25, -0.2) is 0 Å². The van der Waals surface area contributed by atoms with E-state index in [2.05, 4.69) is 29.0 Å². The number of rotatable bonds is 5. The van der Waals surface area contributed by atoms with E-state index in [1.54, 1.807) is 14.2 Å². The minimum atomic E-state index is -0.836. The number of methoxy groups -OCH3 is 2. The molecular weight excluding hydrogens is 490 g/mol. The molecule has 0 spiro atoms. The van der Waals surface area contributed by atoms with Gasteiger partial charge < -0.3 is 33.9 Å². The van der Waals surface area contributed by atoms with E-state index in [9.17, 15) is 15.5 Å². The molecule has 0 radical (unpaired) electrons. The van der Waals surface area contributed by atoms with E-state index in [1.165, 1.54) is 0 Å². The van der Waals surface area contributed by atoms with E-state index in [0.29, 0.717) is 30.1 Å². The second-order valence-corrected chi connectivity index (χ2v) is 10.8. The number of ether oxygens (including phenoxy) is 5. The first-order chi connectivity index (χ1) is 18.4. The molecule has 10 nitrogen and oxygen atoms in total. The number of piperazine rings is 1. The number of hydrogen-bond donors (Lipinski definition) is 2. The Morgan fingerprint density at radius 2 is 1.97 bits per heavy atom. The van der Waals surface area contributed by atoms with Crippen LogP contribution in [0.4, 0.5) is 0 Å². The molecule has 5 aliphatic rings. The van der Waals surface area contributed by atoms with Crippen LogP contribution in [0.15, 0.2) is 28.5 Å². The molecule has 1 aromatic carbocycles. The molecule has 38 heavy (non-hydrogen) atoms. The van der Waals surface area contributed by atoms with Crippen LogP contribution >= 0.6 is 0 Å². The fourth-order valence-electron chi connectivity index (χ4n) is 7.59. The molecule has 0 saturated carbocycles. The Balaban J connectivity index is 1.55. The van der Waals surface area contributed by atoms with E-state index in [-0.39, 0.29) is 38.3 Å². The monoisotopic (exact) mass is 525 g/mol. The maximum Gasteiger partial charge on any atom is 0.190 e. The van der Waals surface area contributed by atoms with Crippen molar-refractivity contribution in [3.05, 3.63) is 45.2 Å². The summed E-state index contributed by atoms with van der Waals surface area (Å²) < 4.78 is 29.0. The zero-order valence-corrected chi connectivity index (χ0v) is 22.4. The van der Waals surface area contributed by atoms with Crippen LogP contribution in [0, 0.1) is 18.3 Å². The maximum absolute atomic E-state index is 11.4. The van der Waals surface area contributed by atoms with Gasteiger partial charge in [-0.1, -0.05) is 6.07 Å². The number of hydrogen-bond acceptors (Lipinski definition) is 10. The molecule has 4 heterocycles. The number of fused-ring (bicyclic) bond motifs is 8. The summed E-state index contributed by atoms with van der Waals surface area (Å²) in [6, 6.07) is 3.27. The number of aliphatic hydroxyl groups excluding tert-OH is 2. The molecule has 10 heteroatoms. The van der Waals surface area contributed by atoms with Gasteiger partial charge in [0.05, 0.1) is 38.0 Å². The topological polar surface area (TPSA) is 117 Å². The predicted octanol–water partition coefficient (Wildman–Crippen LogP) is 1.54. The minimum Gasteiger partial charge on any atom is -0.493 e. The smallest absolute Gasteiger partial charge is 0.190 e. The molecule has 2 saturated heterocycles. The van der Waals surface area contributed by atoms with Crippen molar-refractivity contribution in [1.82, 2.24) is 9.80 Å². The van der Waals surface area contributed by atoms with Crippen LogP contribution in [0.1, 0.15) is 36.1 Å². The summed E-state index contributed by atoms with van der Waals surface area (Å²) >= 11 is 0. The highest BCUT2D eigenvalue weighted by Crippen LogP contribution is 2.55. The van der Waals surface area contributed by atoms with Crippen molar-refractivity contribution < 1.29 is 33.9 Å². The highest BCUT2D eigenvalue weighted by Gasteiger charge is 2.58. The molecule has 6 rings (SSSR count). The summed E-state index contributed by atoms with van der Waals surface area (Å²) in [5, 5.41) is 32.8. The second-order valence-electron chi connectivity index (χ2n) is 10.8. The largest absolute Gasteiger partial charge is 0.493 e. The normalized spacial score (nSPS) is 34.1. The Kier molecular flexibility index (Phi) is 6.42. The second kappa shape index (κ2) is 9.52. The van der Waals surface area contributed by atoms with Gasteiger partial charge in [-0.2, -0.15) is 5.26 Å². The molecule has 0 aromatic heterocycles. The first-order valence-electron chi connectivity index (χ1n) is 13.1. The van der Waals surface area contributed by atoms with Gasteiger partial charge in [0.2, 0.25) is 0 Å². The van der Waals surface area contributed by atoms with Gasteiger partial charge >= 0.3 is 0 Å². The van der Waals surface area contributed by atoms with Crippen LogP contribution < -0.4 is 9.47 Å². The predicted molar refractivity (Wildman–Crippen MR) is 135 cm³/mol. The van der Waals surface area contributed by atoms with E-state index in [1.807, 2.05) is 13.8 Å². The van der Waals surface area contributed by atoms with Gasteiger partial charge in [-0.05, 0) is 56.0 Å². The van der Waals surface area contributed by atoms with Gasteiger partial charge in [0.25, 0.3) is 0 Å². The Morgan fingerprint density at radius 3 is 2.66 bits per heavy atom. The first-order valence-corrected chi connectivity index (χ1v) is 13.1. The molecule has 4 aliphatic heterocycles. The summed E-state index contributed by atoms with van der Waals surface area (Å²) in [5.74, 6) is 1.93. The molecule has 2 unspecified atom stereocenters. The summed E-state index contributed by atoms with van der Waals surface area (Å²) in [5.41, 5.74) is 5.50. The van der Waals surface area contributed by atoms with Crippen LogP contribution in [0.25, 0.3) is 0 Å². The number of nitriles is 1. The SMILES string of the molecule is COCOc1c(OC)c(C)cc2c1[C@@H]1[C@@H]3CC4=C(C5OCOC5=C(C)C4O)[C@H](CO)N3[C@@H](C#N)[C@H](C2)N1C. The van der Waals surface area contributed by atoms with Crippen molar-refractivity contribution in [3.8, 4) is 17.6 Å². The van der Waals surface area contributed by atoms with Gasteiger partial charge in [-0.15, -0.1) is 0 Å². The summed E-state index contributed by atoms with van der Waals surface area (Å²) in [6.45, 7) is 3.83. The van der Waals surface area contributed by atoms with Crippen molar-refractivity contribution in [1.29, 1.82) is 5.26 Å². The van der Waals surface area contributed by atoms with Gasteiger partial charge in [-0.3, -0.25) is 9.80 Å². The third-order valence-electron chi connectivity index (χ3n) is 9.11. The number of aliphatic hydroxyl groups is 2. The molecule has 1 aliphatic carbocycles. The van der Waals surface area contributed by atoms with Gasteiger partial charge in [0.15, 0.2) is 25.1 Å². The van der Waals surface area contributed by atoms with Crippen LogP contribution in [0.3, 0.4) is 0 Å². The Hall–Kier alpha value is -2.65. The average molecular weight is 526 g/mol. The van der Waals surface area contributed by atoms with E-state index >= 15 is 0 Å². The van der Waals surface area contributed by atoms with E-state index in [0.717, 1.165) is 33.4 Å². The zero-order valence-electron chi connectivity index (χ0n) is 22.4. The molecule has 2 bridgehead atoms. The van der Waals surface area contributed by atoms with Crippen molar-refractivity contribution in [2.24, 2.45) is 0 Å². The van der Waals surface area contributed by atoms with Crippen molar-refractivity contribution in [2.45, 2.75) is 69.1 Å². The summed E-state index contributed by atoms with van der Waals surface area (Å²) in [4.78, 5) is 4.43. The molecule has 0 amide bonds. The van der Waals surface area contributed by atoms with Crippen LogP contribution in [-0.4, -0.2) is 97.8 Å². The molecule has 7 atom stereocenters. The summed E-state index contributed by atoms with van der Waals surface area (Å²) in [6.07, 6.45) is -0.132. The Labute approximate surface area is 222 Å². The standard InChI is InChI=1S/C28H35N3O7/c1-13-6-15-7-17-19(9-29)31-18(23(30(17)3)21(15)27(25(13)35-5)36-11-34-4)8-16-22(20(31)10-32)28-26(37-12-38-28)14(2)24(16)33/h6,17-20,23-24,28,32-33H,7-8,10-12H2,1-5H3/t17-,18-,19-,20-,23-,24?,28?/m0/s1. The van der Waals surface area contributed by atoms with Gasteiger partial charge in [0.1, 0.15) is 17.9 Å². The lowest BCUT2D eigenvalue weighted by Gasteiger charge is -2.60. The van der Waals surface area contributed by atoms with Crippen molar-refractivity contribution >= 4 is 0 Å². The number of aryl methyl sites for hydroxylation is 1. The third-order valence-corrected chi connectivity index (χ3v) is 9.11. The molecule has 1 aromatic rings.